The molecule has 1 atom stereocenters. The van der Waals surface area contributed by atoms with Gasteiger partial charge in [-0.05, 0) is 18.8 Å². The van der Waals surface area contributed by atoms with Crippen LogP contribution >= 0.6 is 0 Å². The van der Waals surface area contributed by atoms with Crippen molar-refractivity contribution in [2.75, 3.05) is 20.3 Å². The van der Waals surface area contributed by atoms with Crippen LogP contribution in [0.5, 0.6) is 0 Å². The molecule has 0 aromatic heterocycles. The number of carbonyl (C=O) groups is 1. The lowest BCUT2D eigenvalue weighted by Gasteiger charge is -2.17. The molecule has 0 heterocycles. The van der Waals surface area contributed by atoms with Crippen molar-refractivity contribution in [3.05, 3.63) is 0 Å². The van der Waals surface area contributed by atoms with Crippen molar-refractivity contribution < 1.29 is 9.53 Å². The van der Waals surface area contributed by atoms with Crippen LogP contribution in [-0.2, 0) is 9.53 Å². The van der Waals surface area contributed by atoms with E-state index in [1.54, 1.807) is 7.11 Å². The molecule has 15 heavy (non-hydrogen) atoms. The van der Waals surface area contributed by atoms with Gasteiger partial charge in [-0.2, -0.15) is 0 Å². The Morgan fingerprint density at radius 2 is 2.20 bits per heavy atom. The van der Waals surface area contributed by atoms with Gasteiger partial charge in [0.05, 0.1) is 12.6 Å². The first kappa shape index (κ1) is 12.5. The molecular formula is C11H22N2O2. The van der Waals surface area contributed by atoms with E-state index in [0.717, 1.165) is 0 Å². The standard InChI is InChI=1S/C11H22N2O2/c1-15-8-10(7-12)13-11(14)6-9-4-2-3-5-9/h9-10H,2-8,12H2,1H3,(H,13,14). The van der Waals surface area contributed by atoms with E-state index >= 15 is 0 Å². The number of ether oxygens (including phenoxy) is 1. The van der Waals surface area contributed by atoms with Crippen LogP contribution in [0, 0.1) is 5.92 Å². The SMILES string of the molecule is COCC(CN)NC(=O)CC1CCCC1. The molecule has 4 heteroatoms. The number of nitrogens with one attached hydrogen (secondary N) is 1. The van der Waals surface area contributed by atoms with E-state index in [2.05, 4.69) is 5.32 Å². The lowest BCUT2D eigenvalue weighted by atomic mass is 10.0. The number of rotatable bonds is 6. The molecule has 4 nitrogen and oxygen atoms in total. The Morgan fingerprint density at radius 1 is 1.53 bits per heavy atom. The van der Waals surface area contributed by atoms with Crippen molar-refractivity contribution in [3.8, 4) is 0 Å². The van der Waals surface area contributed by atoms with Crippen LogP contribution in [0.4, 0.5) is 0 Å². The number of carbonyl (C=O) groups excluding carboxylic acids is 1. The molecule has 1 amide bonds. The highest BCUT2D eigenvalue weighted by Gasteiger charge is 2.19. The number of amides is 1. The molecule has 0 aromatic carbocycles. The average molecular weight is 214 g/mol. The van der Waals surface area contributed by atoms with E-state index in [4.69, 9.17) is 10.5 Å². The first-order valence-electron chi connectivity index (χ1n) is 5.74. The Labute approximate surface area is 91.5 Å². The van der Waals surface area contributed by atoms with E-state index in [0.29, 0.717) is 25.5 Å². The third kappa shape index (κ3) is 4.62. The van der Waals surface area contributed by atoms with Crippen molar-refractivity contribution >= 4 is 5.91 Å². The molecule has 0 aromatic rings. The van der Waals surface area contributed by atoms with Gasteiger partial charge in [-0.25, -0.2) is 0 Å². The van der Waals surface area contributed by atoms with Crippen LogP contribution < -0.4 is 11.1 Å². The second-order valence-electron chi connectivity index (χ2n) is 4.31. The van der Waals surface area contributed by atoms with E-state index in [1.165, 1.54) is 25.7 Å². The second-order valence-corrected chi connectivity index (χ2v) is 4.31. The van der Waals surface area contributed by atoms with E-state index in [9.17, 15) is 4.79 Å². The fourth-order valence-corrected chi connectivity index (χ4v) is 2.13. The van der Waals surface area contributed by atoms with Crippen LogP contribution in [0.3, 0.4) is 0 Å². The molecule has 3 N–H and O–H groups in total. The zero-order chi connectivity index (χ0) is 11.1. The third-order valence-corrected chi connectivity index (χ3v) is 2.97. The Kier molecular flexibility index (Phi) is 5.65. The molecule has 88 valence electrons. The molecule has 0 bridgehead atoms. The predicted octanol–water partition coefficient (Wildman–Crippen LogP) is 0.657. The summed E-state index contributed by atoms with van der Waals surface area (Å²) >= 11 is 0. The molecule has 1 fully saturated rings. The molecule has 1 rings (SSSR count). The monoisotopic (exact) mass is 214 g/mol. The maximum Gasteiger partial charge on any atom is 0.220 e. The van der Waals surface area contributed by atoms with Crippen molar-refractivity contribution in [1.82, 2.24) is 5.32 Å². The van der Waals surface area contributed by atoms with Crippen molar-refractivity contribution in [1.29, 1.82) is 0 Å². The van der Waals surface area contributed by atoms with E-state index in [-0.39, 0.29) is 11.9 Å². The summed E-state index contributed by atoms with van der Waals surface area (Å²) in [4.78, 5) is 11.6. The molecule has 1 unspecified atom stereocenters. The molecule has 0 spiro atoms. The second kappa shape index (κ2) is 6.80. The van der Waals surface area contributed by atoms with Gasteiger partial charge in [-0.15, -0.1) is 0 Å². The maximum absolute atomic E-state index is 11.6. The average Bonchev–Trinajstić information content (AvgIpc) is 2.69. The lowest BCUT2D eigenvalue weighted by molar-refractivity contribution is -0.123. The first-order chi connectivity index (χ1) is 7.26. The molecule has 1 saturated carbocycles. The maximum atomic E-state index is 11.6. The van der Waals surface area contributed by atoms with Crippen LogP contribution in [0.1, 0.15) is 32.1 Å². The molecule has 0 radical (unpaired) electrons. The van der Waals surface area contributed by atoms with Crippen molar-refractivity contribution in [3.63, 3.8) is 0 Å². The van der Waals surface area contributed by atoms with Gasteiger partial charge in [0.15, 0.2) is 0 Å². The Hall–Kier alpha value is -0.610. The lowest BCUT2D eigenvalue weighted by Crippen LogP contribution is -2.43. The van der Waals surface area contributed by atoms with E-state index < -0.39 is 0 Å². The minimum absolute atomic E-state index is 0.0381. The molecule has 0 saturated heterocycles. The Bertz CT molecular complexity index is 191. The van der Waals surface area contributed by atoms with Gasteiger partial charge in [0.1, 0.15) is 0 Å². The molecular weight excluding hydrogens is 192 g/mol. The summed E-state index contributed by atoms with van der Waals surface area (Å²) in [5.74, 6) is 0.709. The van der Waals surface area contributed by atoms with Crippen LogP contribution in [0.25, 0.3) is 0 Å². The number of hydrogen-bond acceptors (Lipinski definition) is 3. The summed E-state index contributed by atoms with van der Waals surface area (Å²) in [5.41, 5.74) is 5.52. The van der Waals surface area contributed by atoms with E-state index in [1.807, 2.05) is 0 Å². The van der Waals surface area contributed by atoms with Crippen molar-refractivity contribution in [2.45, 2.75) is 38.1 Å². The van der Waals surface area contributed by atoms with Gasteiger partial charge in [0.2, 0.25) is 5.91 Å². The first-order valence-corrected chi connectivity index (χ1v) is 5.74. The topological polar surface area (TPSA) is 64.3 Å². The molecule has 0 aliphatic heterocycles. The minimum Gasteiger partial charge on any atom is -0.383 e. The number of hydrogen-bond donors (Lipinski definition) is 2. The summed E-state index contributed by atoms with van der Waals surface area (Å²) in [6, 6.07) is -0.0381. The largest absolute Gasteiger partial charge is 0.383 e. The summed E-state index contributed by atoms with van der Waals surface area (Å²) in [6.45, 7) is 0.928. The summed E-state index contributed by atoms with van der Waals surface area (Å²) in [5, 5.41) is 2.91. The molecule has 1 aliphatic rings. The summed E-state index contributed by atoms with van der Waals surface area (Å²) in [7, 11) is 1.62. The van der Waals surface area contributed by atoms with Gasteiger partial charge in [0, 0.05) is 20.1 Å². The summed E-state index contributed by atoms with van der Waals surface area (Å²) in [6.07, 6.45) is 5.60. The van der Waals surface area contributed by atoms with Crippen LogP contribution in [0.2, 0.25) is 0 Å². The highest BCUT2D eigenvalue weighted by atomic mass is 16.5. The normalized spacial score (nSPS) is 19.1. The Morgan fingerprint density at radius 3 is 2.73 bits per heavy atom. The summed E-state index contributed by atoms with van der Waals surface area (Å²) < 4.78 is 4.97. The quantitative estimate of drug-likeness (QED) is 0.682. The minimum atomic E-state index is -0.0381. The molecule has 1 aliphatic carbocycles. The third-order valence-electron chi connectivity index (χ3n) is 2.97. The number of nitrogens with two attached hydrogens (primary N) is 1. The van der Waals surface area contributed by atoms with Crippen molar-refractivity contribution in [2.24, 2.45) is 11.7 Å². The zero-order valence-corrected chi connectivity index (χ0v) is 9.50. The highest BCUT2D eigenvalue weighted by Crippen LogP contribution is 2.27. The fourth-order valence-electron chi connectivity index (χ4n) is 2.13. The Balaban J connectivity index is 2.20. The van der Waals surface area contributed by atoms with Gasteiger partial charge in [-0.3, -0.25) is 4.79 Å². The smallest absolute Gasteiger partial charge is 0.220 e. The van der Waals surface area contributed by atoms with Gasteiger partial charge < -0.3 is 15.8 Å². The van der Waals surface area contributed by atoms with Crippen LogP contribution in [-0.4, -0.2) is 32.2 Å². The van der Waals surface area contributed by atoms with Crippen LogP contribution in [0.15, 0.2) is 0 Å². The number of methoxy groups -OCH3 is 1. The fraction of sp³-hybridized carbons (Fsp3) is 0.909. The predicted molar refractivity (Wildman–Crippen MR) is 59.4 cm³/mol. The van der Waals surface area contributed by atoms with Gasteiger partial charge >= 0.3 is 0 Å². The highest BCUT2D eigenvalue weighted by molar-refractivity contribution is 5.76. The van der Waals surface area contributed by atoms with Gasteiger partial charge in [0.25, 0.3) is 0 Å². The van der Waals surface area contributed by atoms with Gasteiger partial charge in [-0.1, -0.05) is 12.8 Å². The zero-order valence-electron chi connectivity index (χ0n) is 9.50.